The predicted octanol–water partition coefficient (Wildman–Crippen LogP) is 2.97. The lowest BCUT2D eigenvalue weighted by molar-refractivity contribution is -0.0888. The van der Waals surface area contributed by atoms with Crippen LogP contribution >= 0.6 is 11.6 Å². The highest BCUT2D eigenvalue weighted by atomic mass is 35.5. The second kappa shape index (κ2) is 4.65. The Morgan fingerprint density at radius 3 is 2.63 bits per heavy atom. The van der Waals surface area contributed by atoms with Crippen molar-refractivity contribution in [1.29, 1.82) is 0 Å². The molecule has 0 unspecified atom stereocenters. The zero-order chi connectivity index (χ0) is 14.2. The first-order chi connectivity index (χ1) is 8.79. The van der Waals surface area contributed by atoms with E-state index in [0.717, 1.165) is 16.4 Å². The van der Waals surface area contributed by atoms with Gasteiger partial charge in [-0.2, -0.15) is 13.2 Å². The third-order valence-electron chi connectivity index (χ3n) is 2.40. The summed E-state index contributed by atoms with van der Waals surface area (Å²) in [6, 6.07) is 4.82. The second-order valence-electron chi connectivity index (χ2n) is 3.81. The van der Waals surface area contributed by atoms with Gasteiger partial charge in [0.25, 0.3) is 5.78 Å². The summed E-state index contributed by atoms with van der Waals surface area (Å²) in [6.45, 7) is 1.78. The Hall–Kier alpha value is -1.89. The first-order valence-corrected chi connectivity index (χ1v) is 5.47. The Labute approximate surface area is 110 Å². The van der Waals surface area contributed by atoms with Crippen molar-refractivity contribution in [3.8, 4) is 5.69 Å². The maximum absolute atomic E-state index is 12.2. The zero-order valence-corrected chi connectivity index (χ0v) is 10.3. The molecule has 0 N–H and O–H groups in total. The third-order valence-corrected chi connectivity index (χ3v) is 2.81. The van der Waals surface area contributed by atoms with Crippen LogP contribution < -0.4 is 0 Å². The molecule has 2 rings (SSSR count). The molecule has 1 aromatic heterocycles. The Morgan fingerprint density at radius 1 is 1.37 bits per heavy atom. The van der Waals surface area contributed by atoms with Gasteiger partial charge in [0.2, 0.25) is 0 Å². The van der Waals surface area contributed by atoms with Crippen molar-refractivity contribution in [1.82, 2.24) is 15.0 Å². The smallest absolute Gasteiger partial charge is 0.282 e. The quantitative estimate of drug-likeness (QED) is 0.799. The van der Waals surface area contributed by atoms with Crippen LogP contribution in [0.2, 0.25) is 5.02 Å². The van der Waals surface area contributed by atoms with E-state index in [0.29, 0.717) is 10.7 Å². The minimum Gasteiger partial charge on any atom is -0.282 e. The molecule has 4 nitrogen and oxygen atoms in total. The maximum atomic E-state index is 12.2. The molecule has 100 valence electrons. The number of rotatable bonds is 2. The lowest BCUT2D eigenvalue weighted by Gasteiger charge is -2.03. The number of alkyl halides is 3. The molecule has 0 spiro atoms. The van der Waals surface area contributed by atoms with Crippen molar-refractivity contribution < 1.29 is 18.0 Å². The number of halogens is 4. The molecule has 0 aliphatic heterocycles. The molecule has 19 heavy (non-hydrogen) atoms. The molecule has 0 atom stereocenters. The third kappa shape index (κ3) is 2.76. The number of aryl methyl sites for hydroxylation is 1. The molecule has 2 aromatic rings. The summed E-state index contributed by atoms with van der Waals surface area (Å²) in [7, 11) is 0. The normalized spacial score (nSPS) is 11.6. The number of aromatic nitrogens is 3. The number of Topliss-reactive ketones (excluding diaryl/α,β-unsaturated/α-hetero) is 1. The molecule has 8 heteroatoms. The van der Waals surface area contributed by atoms with Crippen molar-refractivity contribution in [3.05, 3.63) is 40.7 Å². The molecule has 0 saturated carbocycles. The minimum atomic E-state index is -4.97. The first kappa shape index (κ1) is 13.5. The van der Waals surface area contributed by atoms with Gasteiger partial charge in [0.15, 0.2) is 5.69 Å². The topological polar surface area (TPSA) is 47.8 Å². The fourth-order valence-corrected chi connectivity index (χ4v) is 1.54. The van der Waals surface area contributed by atoms with Crippen molar-refractivity contribution in [3.63, 3.8) is 0 Å². The number of benzene rings is 1. The van der Waals surface area contributed by atoms with Crippen LogP contribution in [-0.4, -0.2) is 27.0 Å². The van der Waals surface area contributed by atoms with Crippen molar-refractivity contribution in [2.24, 2.45) is 0 Å². The molecule has 0 aliphatic rings. The average molecular weight is 290 g/mol. The van der Waals surface area contributed by atoms with E-state index >= 15 is 0 Å². The summed E-state index contributed by atoms with van der Waals surface area (Å²) in [5.74, 6) is -2.03. The van der Waals surface area contributed by atoms with E-state index in [1.54, 1.807) is 19.1 Å². The number of carbonyl (C=O) groups excluding carboxylic acids is 1. The predicted molar refractivity (Wildman–Crippen MR) is 61.5 cm³/mol. The molecule has 0 bridgehead atoms. The van der Waals surface area contributed by atoms with Crippen LogP contribution in [0.4, 0.5) is 13.2 Å². The van der Waals surface area contributed by atoms with Crippen molar-refractivity contribution >= 4 is 17.4 Å². The zero-order valence-electron chi connectivity index (χ0n) is 9.57. The van der Waals surface area contributed by atoms with Gasteiger partial charge in [-0.1, -0.05) is 22.9 Å². The Bertz CT molecular complexity index is 636. The molecule has 0 aliphatic carbocycles. The van der Waals surface area contributed by atoms with E-state index in [9.17, 15) is 18.0 Å². The van der Waals surface area contributed by atoms with E-state index in [4.69, 9.17) is 11.6 Å². The molecule has 1 aromatic carbocycles. The van der Waals surface area contributed by atoms with Crippen LogP contribution in [0.15, 0.2) is 24.4 Å². The Balaban J connectivity index is 2.36. The summed E-state index contributed by atoms with van der Waals surface area (Å²) < 4.78 is 37.7. The van der Waals surface area contributed by atoms with Gasteiger partial charge in [-0.3, -0.25) is 4.79 Å². The highest BCUT2D eigenvalue weighted by Gasteiger charge is 2.41. The fourth-order valence-electron chi connectivity index (χ4n) is 1.36. The number of nitrogens with zero attached hydrogens (tertiary/aromatic N) is 3. The lowest BCUT2D eigenvalue weighted by Crippen LogP contribution is -2.23. The second-order valence-corrected chi connectivity index (χ2v) is 4.22. The van der Waals surface area contributed by atoms with Crippen LogP contribution in [0.1, 0.15) is 16.1 Å². The lowest BCUT2D eigenvalue weighted by atomic mass is 10.2. The summed E-state index contributed by atoms with van der Waals surface area (Å²) in [4.78, 5) is 11.0. The van der Waals surface area contributed by atoms with E-state index in [2.05, 4.69) is 10.3 Å². The van der Waals surface area contributed by atoms with E-state index in [-0.39, 0.29) is 0 Å². The van der Waals surface area contributed by atoms with E-state index < -0.39 is 17.7 Å². The van der Waals surface area contributed by atoms with Crippen LogP contribution in [0.25, 0.3) is 5.69 Å². The highest BCUT2D eigenvalue weighted by Crippen LogP contribution is 2.22. The molecule has 1 heterocycles. The van der Waals surface area contributed by atoms with Gasteiger partial charge >= 0.3 is 6.18 Å². The van der Waals surface area contributed by atoms with Gasteiger partial charge in [-0.25, -0.2) is 4.68 Å². The van der Waals surface area contributed by atoms with Gasteiger partial charge in [0, 0.05) is 5.02 Å². The van der Waals surface area contributed by atoms with Crippen LogP contribution in [0.3, 0.4) is 0 Å². The van der Waals surface area contributed by atoms with Crippen LogP contribution in [-0.2, 0) is 0 Å². The van der Waals surface area contributed by atoms with Gasteiger partial charge in [-0.15, -0.1) is 5.10 Å². The maximum Gasteiger partial charge on any atom is 0.456 e. The standard InChI is InChI=1S/C11H7ClF3N3O/c1-6-2-3-7(4-8(6)12)18-5-9(16-17-18)10(19)11(13,14)15/h2-5H,1H3. The van der Waals surface area contributed by atoms with Gasteiger partial charge in [-0.05, 0) is 24.6 Å². The first-order valence-electron chi connectivity index (χ1n) is 5.09. The van der Waals surface area contributed by atoms with Gasteiger partial charge in [0.1, 0.15) is 0 Å². The SMILES string of the molecule is Cc1ccc(-n2cc(C(=O)C(F)(F)F)nn2)cc1Cl. The summed E-state index contributed by atoms with van der Waals surface area (Å²) in [5.41, 5.74) is 0.477. The highest BCUT2D eigenvalue weighted by molar-refractivity contribution is 6.31. The fraction of sp³-hybridized carbons (Fsp3) is 0.182. The average Bonchev–Trinajstić information content (AvgIpc) is 2.79. The van der Waals surface area contributed by atoms with E-state index in [1.807, 2.05) is 0 Å². The number of ketones is 1. The van der Waals surface area contributed by atoms with Crippen LogP contribution in [0.5, 0.6) is 0 Å². The number of carbonyl (C=O) groups is 1. The van der Waals surface area contributed by atoms with Crippen LogP contribution in [0, 0.1) is 6.92 Å². The summed E-state index contributed by atoms with van der Waals surface area (Å²) in [5, 5.41) is 7.13. The molecule has 0 fully saturated rings. The van der Waals surface area contributed by atoms with Gasteiger partial charge in [0.05, 0.1) is 11.9 Å². The van der Waals surface area contributed by atoms with E-state index in [1.165, 1.54) is 6.07 Å². The van der Waals surface area contributed by atoms with Gasteiger partial charge < -0.3 is 0 Å². The molecular formula is C11H7ClF3N3O. The Kier molecular flexibility index (Phi) is 3.32. The summed E-state index contributed by atoms with van der Waals surface area (Å²) in [6.07, 6.45) is -4.05. The summed E-state index contributed by atoms with van der Waals surface area (Å²) >= 11 is 5.90. The monoisotopic (exact) mass is 289 g/mol. The Morgan fingerprint density at radius 2 is 2.05 bits per heavy atom. The number of hydrogen-bond donors (Lipinski definition) is 0. The molecule has 0 amide bonds. The largest absolute Gasteiger partial charge is 0.456 e. The van der Waals surface area contributed by atoms with Crippen molar-refractivity contribution in [2.45, 2.75) is 13.1 Å². The molecular weight excluding hydrogens is 283 g/mol. The number of hydrogen-bond acceptors (Lipinski definition) is 3. The van der Waals surface area contributed by atoms with Crippen molar-refractivity contribution in [2.75, 3.05) is 0 Å². The molecule has 0 saturated heterocycles. The molecule has 0 radical (unpaired) electrons. The minimum absolute atomic E-state index is 0.421.